The number of methoxy groups -OCH3 is 1. The van der Waals surface area contributed by atoms with Gasteiger partial charge in [-0.05, 0) is 31.0 Å². The van der Waals surface area contributed by atoms with Crippen molar-refractivity contribution in [2.75, 3.05) is 41.9 Å². The lowest BCUT2D eigenvalue weighted by Crippen LogP contribution is -2.43. The van der Waals surface area contributed by atoms with Gasteiger partial charge >= 0.3 is 0 Å². The van der Waals surface area contributed by atoms with Crippen LogP contribution in [0.3, 0.4) is 0 Å². The average molecular weight is 435 g/mol. The second-order valence-corrected chi connectivity index (χ2v) is 7.59. The number of benzene rings is 1. The number of pyridine rings is 1. The Balaban J connectivity index is 1.67. The molecule has 10 nitrogen and oxygen atoms in total. The van der Waals surface area contributed by atoms with Crippen LogP contribution in [0.4, 0.5) is 23.0 Å². The highest BCUT2D eigenvalue weighted by molar-refractivity contribution is 6.07. The van der Waals surface area contributed by atoms with Gasteiger partial charge in [-0.15, -0.1) is 0 Å². The standard InChI is InChI=1S/C22H26N8O2/c1-32-17-7-3-2-6-14(17)18-20(24)29-21(25)19(28-18)22(31)27-15-11-26-9-8-16(15)30-10-4-5-13(23)12-30/h2-3,6-9,11,13H,4-5,10,12,23H2,1H3,(H,27,31)(H4,24,25,29). The number of ether oxygens (including phenoxy) is 1. The van der Waals surface area contributed by atoms with Crippen molar-refractivity contribution in [2.24, 2.45) is 5.73 Å². The number of carbonyl (C=O) groups is 1. The number of nitrogens with one attached hydrogen (secondary N) is 1. The van der Waals surface area contributed by atoms with E-state index in [4.69, 9.17) is 21.9 Å². The number of para-hydroxylation sites is 1. The number of amides is 1. The molecule has 3 heterocycles. The summed E-state index contributed by atoms with van der Waals surface area (Å²) < 4.78 is 5.39. The van der Waals surface area contributed by atoms with Crippen LogP contribution in [0.25, 0.3) is 11.3 Å². The molecule has 166 valence electrons. The third-order valence-electron chi connectivity index (χ3n) is 5.37. The molecule has 0 bridgehead atoms. The summed E-state index contributed by atoms with van der Waals surface area (Å²) in [5.74, 6) is 0.0827. The van der Waals surface area contributed by atoms with Crippen molar-refractivity contribution in [3.05, 3.63) is 48.4 Å². The molecular weight excluding hydrogens is 408 g/mol. The first kappa shape index (κ1) is 21.3. The number of hydrogen-bond acceptors (Lipinski definition) is 9. The highest BCUT2D eigenvalue weighted by Gasteiger charge is 2.23. The summed E-state index contributed by atoms with van der Waals surface area (Å²) in [6.07, 6.45) is 5.24. The molecule has 0 spiro atoms. The molecule has 4 rings (SSSR count). The summed E-state index contributed by atoms with van der Waals surface area (Å²) in [4.78, 5) is 28.0. The second-order valence-electron chi connectivity index (χ2n) is 7.59. The molecule has 1 atom stereocenters. The molecule has 3 aromatic rings. The first-order valence-electron chi connectivity index (χ1n) is 10.3. The molecule has 1 saturated heterocycles. The molecule has 0 aliphatic carbocycles. The summed E-state index contributed by atoms with van der Waals surface area (Å²) in [6, 6.07) is 9.15. The zero-order chi connectivity index (χ0) is 22.7. The molecule has 1 unspecified atom stereocenters. The largest absolute Gasteiger partial charge is 0.496 e. The maximum absolute atomic E-state index is 13.1. The molecule has 2 aromatic heterocycles. The number of nitrogens with two attached hydrogens (primary N) is 3. The fraction of sp³-hybridized carbons (Fsp3) is 0.273. The molecule has 7 N–H and O–H groups in total. The van der Waals surface area contributed by atoms with Crippen molar-refractivity contribution in [2.45, 2.75) is 18.9 Å². The third-order valence-corrected chi connectivity index (χ3v) is 5.37. The number of nitrogens with zero attached hydrogens (tertiary/aromatic N) is 4. The van der Waals surface area contributed by atoms with E-state index in [0.717, 1.165) is 25.1 Å². The highest BCUT2D eigenvalue weighted by atomic mass is 16.5. The van der Waals surface area contributed by atoms with Gasteiger partial charge in [0.1, 0.15) is 11.4 Å². The van der Waals surface area contributed by atoms with Crippen molar-refractivity contribution in [1.82, 2.24) is 15.0 Å². The third kappa shape index (κ3) is 4.26. The van der Waals surface area contributed by atoms with E-state index in [2.05, 4.69) is 25.2 Å². The van der Waals surface area contributed by atoms with E-state index in [0.29, 0.717) is 29.2 Å². The topological polar surface area (TPSA) is 158 Å². The predicted molar refractivity (Wildman–Crippen MR) is 124 cm³/mol. The Morgan fingerprint density at radius 2 is 2.00 bits per heavy atom. The molecule has 0 saturated carbocycles. The van der Waals surface area contributed by atoms with Crippen LogP contribution in [0, 0.1) is 0 Å². The number of carbonyl (C=O) groups excluding carboxylic acids is 1. The summed E-state index contributed by atoms with van der Waals surface area (Å²) >= 11 is 0. The van der Waals surface area contributed by atoms with Crippen LogP contribution < -0.4 is 32.2 Å². The normalized spacial score (nSPS) is 15.9. The van der Waals surface area contributed by atoms with Crippen LogP contribution >= 0.6 is 0 Å². The van der Waals surface area contributed by atoms with Gasteiger partial charge in [-0.2, -0.15) is 0 Å². The summed E-state index contributed by atoms with van der Waals surface area (Å²) in [6.45, 7) is 1.55. The van der Waals surface area contributed by atoms with E-state index in [9.17, 15) is 4.79 Å². The Morgan fingerprint density at radius 1 is 1.19 bits per heavy atom. The van der Waals surface area contributed by atoms with Gasteiger partial charge in [-0.25, -0.2) is 9.97 Å². The summed E-state index contributed by atoms with van der Waals surface area (Å²) in [5, 5.41) is 2.87. The number of piperidine rings is 1. The molecule has 10 heteroatoms. The molecular formula is C22H26N8O2. The van der Waals surface area contributed by atoms with E-state index in [-0.39, 0.29) is 23.4 Å². The highest BCUT2D eigenvalue weighted by Crippen LogP contribution is 2.33. The van der Waals surface area contributed by atoms with Crippen molar-refractivity contribution < 1.29 is 9.53 Å². The smallest absolute Gasteiger partial charge is 0.278 e. The fourth-order valence-electron chi connectivity index (χ4n) is 3.84. The van der Waals surface area contributed by atoms with Crippen molar-refractivity contribution in [3.63, 3.8) is 0 Å². The van der Waals surface area contributed by atoms with Crippen LogP contribution in [-0.4, -0.2) is 47.1 Å². The lowest BCUT2D eigenvalue weighted by atomic mass is 10.1. The van der Waals surface area contributed by atoms with Crippen molar-refractivity contribution in [1.29, 1.82) is 0 Å². The number of rotatable bonds is 5. The Bertz CT molecular complexity index is 1140. The summed E-state index contributed by atoms with van der Waals surface area (Å²) in [7, 11) is 1.55. The van der Waals surface area contributed by atoms with Gasteiger partial charge in [0.15, 0.2) is 17.3 Å². The Kier molecular flexibility index (Phi) is 6.04. The minimum atomic E-state index is -0.512. The second kappa shape index (κ2) is 9.06. The van der Waals surface area contributed by atoms with Crippen molar-refractivity contribution >= 4 is 28.9 Å². The van der Waals surface area contributed by atoms with Crippen LogP contribution in [0.15, 0.2) is 42.7 Å². The number of hydrogen-bond donors (Lipinski definition) is 4. The van der Waals surface area contributed by atoms with E-state index in [1.807, 2.05) is 18.2 Å². The van der Waals surface area contributed by atoms with Gasteiger partial charge in [0, 0.05) is 30.9 Å². The van der Waals surface area contributed by atoms with Crippen LogP contribution in [0.1, 0.15) is 23.3 Å². The Labute approximate surface area is 185 Å². The SMILES string of the molecule is COc1ccccc1-c1nc(C(=O)Nc2cnccc2N2CCCC(N)C2)c(N)nc1N. The van der Waals surface area contributed by atoms with E-state index < -0.39 is 5.91 Å². The molecule has 1 aromatic carbocycles. The van der Waals surface area contributed by atoms with Gasteiger partial charge in [-0.1, -0.05) is 12.1 Å². The van der Waals surface area contributed by atoms with Crippen LogP contribution in [0.5, 0.6) is 5.75 Å². The zero-order valence-electron chi connectivity index (χ0n) is 17.8. The Morgan fingerprint density at radius 3 is 2.78 bits per heavy atom. The minimum Gasteiger partial charge on any atom is -0.496 e. The predicted octanol–water partition coefficient (Wildman–Crippen LogP) is 1.89. The van der Waals surface area contributed by atoms with Gasteiger partial charge < -0.3 is 32.2 Å². The zero-order valence-corrected chi connectivity index (χ0v) is 17.8. The molecule has 1 amide bonds. The lowest BCUT2D eigenvalue weighted by Gasteiger charge is -2.33. The summed E-state index contributed by atoms with van der Waals surface area (Å²) in [5.41, 5.74) is 20.5. The van der Waals surface area contributed by atoms with Crippen LogP contribution in [0.2, 0.25) is 0 Å². The van der Waals surface area contributed by atoms with E-state index in [1.54, 1.807) is 31.6 Å². The number of anilines is 4. The Hall–Kier alpha value is -3.92. The minimum absolute atomic E-state index is 0.0368. The van der Waals surface area contributed by atoms with Gasteiger partial charge in [0.25, 0.3) is 5.91 Å². The lowest BCUT2D eigenvalue weighted by molar-refractivity contribution is 0.102. The van der Waals surface area contributed by atoms with Crippen molar-refractivity contribution in [3.8, 4) is 17.0 Å². The maximum atomic E-state index is 13.1. The number of nitrogen functional groups attached to an aromatic ring is 2. The van der Waals surface area contributed by atoms with Gasteiger partial charge in [0.2, 0.25) is 0 Å². The quantitative estimate of drug-likeness (QED) is 0.470. The van der Waals surface area contributed by atoms with Gasteiger partial charge in [-0.3, -0.25) is 9.78 Å². The molecule has 1 aliphatic rings. The monoisotopic (exact) mass is 434 g/mol. The first-order valence-corrected chi connectivity index (χ1v) is 10.3. The molecule has 32 heavy (non-hydrogen) atoms. The maximum Gasteiger partial charge on any atom is 0.278 e. The van der Waals surface area contributed by atoms with E-state index >= 15 is 0 Å². The van der Waals surface area contributed by atoms with Crippen LogP contribution in [-0.2, 0) is 0 Å². The first-order chi connectivity index (χ1) is 15.5. The fourth-order valence-corrected chi connectivity index (χ4v) is 3.84. The average Bonchev–Trinajstić information content (AvgIpc) is 2.79. The van der Waals surface area contributed by atoms with E-state index in [1.165, 1.54) is 0 Å². The van der Waals surface area contributed by atoms with Gasteiger partial charge in [0.05, 0.1) is 24.7 Å². The molecule has 1 aliphatic heterocycles. The molecule has 1 fully saturated rings. The number of aromatic nitrogens is 3. The molecule has 0 radical (unpaired) electrons.